The van der Waals surface area contributed by atoms with Gasteiger partial charge in [0.05, 0.1) is 23.6 Å². The molecule has 1 aromatic heterocycles. The summed E-state index contributed by atoms with van der Waals surface area (Å²) in [4.78, 5) is 31.0. The van der Waals surface area contributed by atoms with E-state index in [1.54, 1.807) is 13.2 Å². The Bertz CT molecular complexity index is 794. The normalized spacial score (nSPS) is 29.2. The number of carbonyl (C=O) groups is 2. The number of hydrogen-bond donors (Lipinski definition) is 1. The van der Waals surface area contributed by atoms with Crippen LogP contribution in [0.4, 0.5) is 0 Å². The largest absolute Gasteiger partial charge is 0.300 e. The fourth-order valence-corrected chi connectivity index (χ4v) is 4.03. The molecule has 122 valence electrons. The number of rotatable bonds is 2. The fourth-order valence-electron chi connectivity index (χ4n) is 3.77. The zero-order valence-corrected chi connectivity index (χ0v) is 14.6. The average Bonchev–Trinajstić information content (AvgIpc) is 3.10. The summed E-state index contributed by atoms with van der Waals surface area (Å²) >= 11 is 3.43. The second-order valence-electron chi connectivity index (χ2n) is 6.22. The number of amides is 2. The Labute approximate surface area is 148 Å². The summed E-state index contributed by atoms with van der Waals surface area (Å²) in [6.45, 7) is 0. The number of benzene rings is 1. The predicted octanol–water partition coefficient (Wildman–Crippen LogP) is 2.46. The van der Waals surface area contributed by atoms with Gasteiger partial charge in [-0.15, -0.1) is 0 Å². The van der Waals surface area contributed by atoms with Crippen LogP contribution < -0.4 is 5.32 Å². The molecule has 0 unspecified atom stereocenters. The molecule has 1 N–H and O–H groups in total. The first-order valence-corrected chi connectivity index (χ1v) is 8.61. The van der Waals surface area contributed by atoms with Crippen LogP contribution >= 0.6 is 15.9 Å². The zero-order chi connectivity index (χ0) is 16.8. The number of carbonyl (C=O) groups excluding carboxylic acids is 2. The number of imide groups is 1. The quantitative estimate of drug-likeness (QED) is 0.806. The van der Waals surface area contributed by atoms with Crippen LogP contribution in [0.5, 0.6) is 0 Å². The van der Waals surface area contributed by atoms with Gasteiger partial charge in [0.2, 0.25) is 11.8 Å². The molecule has 2 saturated heterocycles. The van der Waals surface area contributed by atoms with Gasteiger partial charge in [-0.1, -0.05) is 34.1 Å². The summed E-state index contributed by atoms with van der Waals surface area (Å²) in [6, 6.07) is 13.0. The van der Waals surface area contributed by atoms with Crippen molar-refractivity contribution in [2.75, 3.05) is 7.05 Å². The number of likely N-dealkylation sites (tertiary alicyclic amines) is 1. The van der Waals surface area contributed by atoms with Gasteiger partial charge in [-0.25, -0.2) is 0 Å². The number of nitrogens with zero attached hydrogens (tertiary/aromatic N) is 2. The molecule has 3 heterocycles. The second-order valence-corrected chi connectivity index (χ2v) is 7.13. The third kappa shape index (κ3) is 2.29. The van der Waals surface area contributed by atoms with Crippen molar-refractivity contribution in [3.63, 3.8) is 0 Å². The molecule has 4 atom stereocenters. The Morgan fingerprint density at radius 1 is 1.00 bits per heavy atom. The lowest BCUT2D eigenvalue weighted by Gasteiger charge is -2.20. The van der Waals surface area contributed by atoms with Crippen molar-refractivity contribution >= 4 is 27.7 Å². The SMILES string of the molecule is CN1C(=O)[C@@H]2[C@H](C1=O)[C@@H](c1ccc(Br)cc1)N[C@H]2c1ccccn1. The molecule has 0 bridgehead atoms. The molecule has 24 heavy (non-hydrogen) atoms. The molecular formula is C18H16BrN3O2. The standard InChI is InChI=1S/C18H16BrN3O2/c1-22-17(23)13-14(18(22)24)16(12-4-2-3-9-20-12)21-15(13)10-5-7-11(19)8-6-10/h2-9,13-16,21H,1H3/t13-,14+,15+,16-/m0/s1. The fraction of sp³-hybridized carbons (Fsp3) is 0.278. The van der Waals surface area contributed by atoms with E-state index in [0.29, 0.717) is 0 Å². The smallest absolute Gasteiger partial charge is 0.234 e. The lowest BCUT2D eigenvalue weighted by atomic mass is 9.85. The van der Waals surface area contributed by atoms with Gasteiger partial charge < -0.3 is 5.32 Å². The summed E-state index contributed by atoms with van der Waals surface area (Å²) in [5.74, 6) is -1.06. The number of pyridine rings is 1. The van der Waals surface area contributed by atoms with Crippen LogP contribution in [0.3, 0.4) is 0 Å². The lowest BCUT2D eigenvalue weighted by molar-refractivity contribution is -0.139. The van der Waals surface area contributed by atoms with E-state index in [1.807, 2.05) is 42.5 Å². The van der Waals surface area contributed by atoms with Crippen LogP contribution in [0.25, 0.3) is 0 Å². The molecule has 2 fully saturated rings. The van der Waals surface area contributed by atoms with E-state index < -0.39 is 11.8 Å². The van der Waals surface area contributed by atoms with Gasteiger partial charge in [0.25, 0.3) is 0 Å². The summed E-state index contributed by atoms with van der Waals surface area (Å²) in [6.07, 6.45) is 1.71. The molecule has 0 radical (unpaired) electrons. The molecule has 1 aromatic carbocycles. The van der Waals surface area contributed by atoms with E-state index >= 15 is 0 Å². The third-order valence-corrected chi connectivity index (χ3v) is 5.46. The Morgan fingerprint density at radius 3 is 2.29 bits per heavy atom. The van der Waals surface area contributed by atoms with Gasteiger partial charge in [-0.05, 0) is 29.8 Å². The first-order chi connectivity index (χ1) is 11.6. The molecule has 0 spiro atoms. The third-order valence-electron chi connectivity index (χ3n) is 4.93. The minimum Gasteiger partial charge on any atom is -0.300 e. The maximum Gasteiger partial charge on any atom is 0.234 e. The molecule has 2 aliphatic heterocycles. The molecule has 2 amide bonds. The van der Waals surface area contributed by atoms with Crippen LogP contribution in [0.2, 0.25) is 0 Å². The van der Waals surface area contributed by atoms with E-state index in [-0.39, 0.29) is 23.9 Å². The first kappa shape index (κ1) is 15.5. The highest BCUT2D eigenvalue weighted by atomic mass is 79.9. The molecule has 4 rings (SSSR count). The summed E-state index contributed by atoms with van der Waals surface area (Å²) in [7, 11) is 1.57. The maximum atomic E-state index is 12.7. The lowest BCUT2D eigenvalue weighted by Crippen LogP contribution is -2.34. The number of fused-ring (bicyclic) bond motifs is 1. The van der Waals surface area contributed by atoms with Crippen molar-refractivity contribution in [2.24, 2.45) is 11.8 Å². The molecular weight excluding hydrogens is 370 g/mol. The minimum atomic E-state index is -0.411. The van der Waals surface area contributed by atoms with Crippen LogP contribution in [0.1, 0.15) is 23.3 Å². The van der Waals surface area contributed by atoms with E-state index in [1.165, 1.54) is 4.90 Å². The van der Waals surface area contributed by atoms with E-state index in [0.717, 1.165) is 15.7 Å². The van der Waals surface area contributed by atoms with Crippen molar-refractivity contribution in [3.05, 3.63) is 64.4 Å². The van der Waals surface area contributed by atoms with Crippen molar-refractivity contribution in [1.82, 2.24) is 15.2 Å². The van der Waals surface area contributed by atoms with Gasteiger partial charge in [-0.2, -0.15) is 0 Å². The average molecular weight is 386 g/mol. The molecule has 5 nitrogen and oxygen atoms in total. The highest BCUT2D eigenvalue weighted by Gasteiger charge is 2.58. The van der Waals surface area contributed by atoms with Crippen LogP contribution in [0, 0.1) is 11.8 Å². The maximum absolute atomic E-state index is 12.7. The van der Waals surface area contributed by atoms with Gasteiger partial charge in [0.1, 0.15) is 0 Å². The summed E-state index contributed by atoms with van der Waals surface area (Å²) < 4.78 is 0.980. The molecule has 0 aliphatic carbocycles. The molecule has 0 saturated carbocycles. The molecule has 2 aliphatic rings. The van der Waals surface area contributed by atoms with Gasteiger partial charge in [-0.3, -0.25) is 19.5 Å². The Hall–Kier alpha value is -2.05. The van der Waals surface area contributed by atoms with Gasteiger partial charge >= 0.3 is 0 Å². The highest BCUT2D eigenvalue weighted by Crippen LogP contribution is 2.48. The number of halogens is 1. The summed E-state index contributed by atoms with van der Waals surface area (Å²) in [5, 5.41) is 3.48. The minimum absolute atomic E-state index is 0.121. The summed E-state index contributed by atoms with van der Waals surface area (Å²) in [5.41, 5.74) is 1.80. The highest BCUT2D eigenvalue weighted by molar-refractivity contribution is 9.10. The zero-order valence-electron chi connectivity index (χ0n) is 13.0. The van der Waals surface area contributed by atoms with Gasteiger partial charge in [0, 0.05) is 23.8 Å². The topological polar surface area (TPSA) is 62.3 Å². The van der Waals surface area contributed by atoms with Crippen molar-refractivity contribution in [1.29, 1.82) is 0 Å². The number of aromatic nitrogens is 1. The van der Waals surface area contributed by atoms with Crippen molar-refractivity contribution in [3.8, 4) is 0 Å². The Balaban J connectivity index is 1.78. The number of hydrogen-bond acceptors (Lipinski definition) is 4. The monoisotopic (exact) mass is 385 g/mol. The second kappa shape index (κ2) is 5.79. The van der Waals surface area contributed by atoms with E-state index in [4.69, 9.17) is 0 Å². The van der Waals surface area contributed by atoms with Crippen LogP contribution in [-0.2, 0) is 9.59 Å². The Morgan fingerprint density at radius 2 is 1.67 bits per heavy atom. The first-order valence-electron chi connectivity index (χ1n) is 7.82. The van der Waals surface area contributed by atoms with Crippen molar-refractivity contribution < 1.29 is 9.59 Å². The van der Waals surface area contributed by atoms with Crippen LogP contribution in [0.15, 0.2) is 53.1 Å². The number of nitrogens with one attached hydrogen (secondary N) is 1. The Kier molecular flexibility index (Phi) is 3.73. The van der Waals surface area contributed by atoms with Crippen molar-refractivity contribution in [2.45, 2.75) is 12.1 Å². The van der Waals surface area contributed by atoms with Crippen LogP contribution in [-0.4, -0.2) is 28.7 Å². The van der Waals surface area contributed by atoms with Gasteiger partial charge in [0.15, 0.2) is 0 Å². The predicted molar refractivity (Wildman–Crippen MR) is 91.8 cm³/mol. The molecule has 2 aromatic rings. The van der Waals surface area contributed by atoms with E-state index in [2.05, 4.69) is 26.2 Å². The molecule has 6 heteroatoms. The van der Waals surface area contributed by atoms with E-state index in [9.17, 15) is 9.59 Å².